The average Bonchev–Trinajstić information content (AvgIpc) is 3.00. The third kappa shape index (κ3) is 6.07. The maximum atomic E-state index is 13.8. The highest BCUT2D eigenvalue weighted by Crippen LogP contribution is 2.34. The van der Waals surface area contributed by atoms with E-state index in [2.05, 4.69) is 24.3 Å². The molecule has 5 aromatic rings. The number of carbonyl (C=O) groups excluding carboxylic acids is 1. The molecule has 0 fully saturated rings. The Morgan fingerprint density at radius 2 is 1.69 bits per heavy atom. The van der Waals surface area contributed by atoms with Crippen LogP contribution in [-0.2, 0) is 4.79 Å². The molecule has 5 rings (SSSR count). The topological polar surface area (TPSA) is 94.8 Å². The molecule has 1 amide bonds. The van der Waals surface area contributed by atoms with Crippen LogP contribution in [0.5, 0.6) is 11.5 Å². The van der Waals surface area contributed by atoms with Crippen molar-refractivity contribution >= 4 is 28.7 Å². The molecule has 0 spiro atoms. The smallest absolute Gasteiger partial charge is 0.282 e. The van der Waals surface area contributed by atoms with Gasteiger partial charge in [0.2, 0.25) is 0 Å². The molecule has 42 heavy (non-hydrogen) atoms. The van der Waals surface area contributed by atoms with Crippen molar-refractivity contribution in [1.82, 2.24) is 9.66 Å². The zero-order valence-corrected chi connectivity index (χ0v) is 24.0. The quantitative estimate of drug-likeness (QED) is 0.211. The van der Waals surface area contributed by atoms with E-state index < -0.39 is 0 Å². The Morgan fingerprint density at radius 3 is 2.45 bits per heavy atom. The largest absolute Gasteiger partial charge is 0.496 e. The summed E-state index contributed by atoms with van der Waals surface area (Å²) in [7, 11) is 1.65. The van der Waals surface area contributed by atoms with Crippen LogP contribution in [0, 0.1) is 6.92 Å². The number of carbonyl (C=O) groups is 1. The summed E-state index contributed by atoms with van der Waals surface area (Å²) in [6, 6.07) is 27.6. The highest BCUT2D eigenvalue weighted by molar-refractivity contribution is 5.92. The number of methoxy groups -OCH3 is 1. The lowest BCUT2D eigenvalue weighted by Gasteiger charge is -2.17. The number of hydrogen-bond acceptors (Lipinski definition) is 6. The molecule has 0 aliphatic carbocycles. The molecule has 1 aromatic heterocycles. The van der Waals surface area contributed by atoms with E-state index in [9.17, 15) is 9.59 Å². The second-order valence-electron chi connectivity index (χ2n) is 10.1. The third-order valence-corrected chi connectivity index (χ3v) is 6.84. The number of benzene rings is 4. The lowest BCUT2D eigenvalue weighted by atomic mass is 9.96. The molecular weight excluding hydrogens is 528 g/mol. The molecule has 0 unspecified atom stereocenters. The molecule has 8 heteroatoms. The summed E-state index contributed by atoms with van der Waals surface area (Å²) in [6.07, 6.45) is 1.55. The lowest BCUT2D eigenvalue weighted by Crippen LogP contribution is -2.21. The van der Waals surface area contributed by atoms with Gasteiger partial charge in [-0.15, -0.1) is 0 Å². The minimum Gasteiger partial charge on any atom is -0.496 e. The molecule has 0 aliphatic heterocycles. The monoisotopic (exact) mass is 560 g/mol. The Labute approximate surface area is 244 Å². The molecule has 8 nitrogen and oxygen atoms in total. The van der Waals surface area contributed by atoms with Crippen molar-refractivity contribution in [2.45, 2.75) is 26.7 Å². The normalized spacial score (nSPS) is 11.3. The van der Waals surface area contributed by atoms with Gasteiger partial charge < -0.3 is 14.8 Å². The Morgan fingerprint density at radius 1 is 0.976 bits per heavy atom. The van der Waals surface area contributed by atoms with Crippen LogP contribution in [0.15, 0.2) is 101 Å². The molecule has 0 saturated heterocycles. The number of para-hydroxylation sites is 3. The standard InChI is InChI=1S/C34H32N4O4/c1-22(2)27-19-28(23(3)18-31(27)41-4)33-37-29-16-10-9-15-26(29)34(40)38(33)35-20-24-12-8-11-17-30(24)42-21-32(39)36-25-13-6-5-7-14-25/h5-20,22H,21H2,1-4H3,(H,36,39). The van der Waals surface area contributed by atoms with Gasteiger partial charge in [-0.05, 0) is 72.5 Å². The Balaban J connectivity index is 1.53. The van der Waals surface area contributed by atoms with Crippen LogP contribution in [0.3, 0.4) is 0 Å². The Hall–Kier alpha value is -5.24. The van der Waals surface area contributed by atoms with Crippen LogP contribution in [0.1, 0.15) is 36.5 Å². The fourth-order valence-electron chi connectivity index (χ4n) is 4.67. The number of aromatic nitrogens is 2. The van der Waals surface area contributed by atoms with Gasteiger partial charge in [-0.2, -0.15) is 9.78 Å². The molecule has 212 valence electrons. The second kappa shape index (κ2) is 12.5. The van der Waals surface area contributed by atoms with E-state index >= 15 is 0 Å². The summed E-state index contributed by atoms with van der Waals surface area (Å²) in [6.45, 7) is 5.95. The van der Waals surface area contributed by atoms with Crippen LogP contribution in [0.25, 0.3) is 22.3 Å². The van der Waals surface area contributed by atoms with E-state index in [1.165, 1.54) is 4.68 Å². The van der Waals surface area contributed by atoms with Crippen molar-refractivity contribution in [2.75, 3.05) is 19.0 Å². The number of ether oxygens (including phenoxy) is 2. The first-order valence-electron chi connectivity index (χ1n) is 13.7. The molecule has 1 N–H and O–H groups in total. The molecule has 0 saturated carbocycles. The number of fused-ring (bicyclic) bond motifs is 1. The van der Waals surface area contributed by atoms with Gasteiger partial charge in [0.15, 0.2) is 12.4 Å². The van der Waals surface area contributed by atoms with Gasteiger partial charge in [0, 0.05) is 16.8 Å². The van der Waals surface area contributed by atoms with E-state index in [1.54, 1.807) is 43.7 Å². The predicted molar refractivity (Wildman–Crippen MR) is 167 cm³/mol. The minimum absolute atomic E-state index is 0.187. The van der Waals surface area contributed by atoms with E-state index in [-0.39, 0.29) is 24.0 Å². The average molecular weight is 561 g/mol. The maximum absolute atomic E-state index is 13.8. The predicted octanol–water partition coefficient (Wildman–Crippen LogP) is 6.40. The lowest BCUT2D eigenvalue weighted by molar-refractivity contribution is -0.118. The molecule has 0 radical (unpaired) electrons. The van der Waals surface area contributed by atoms with Gasteiger partial charge in [-0.3, -0.25) is 9.59 Å². The summed E-state index contributed by atoms with van der Waals surface area (Å²) in [5, 5.41) is 7.88. The third-order valence-electron chi connectivity index (χ3n) is 6.84. The fourth-order valence-corrected chi connectivity index (χ4v) is 4.67. The minimum atomic E-state index is -0.297. The molecule has 0 atom stereocenters. The summed E-state index contributed by atoms with van der Waals surface area (Å²) in [5.74, 6) is 1.55. The van der Waals surface area contributed by atoms with Gasteiger partial charge in [-0.25, -0.2) is 4.98 Å². The van der Waals surface area contributed by atoms with Crippen LogP contribution in [0.4, 0.5) is 5.69 Å². The highest BCUT2D eigenvalue weighted by atomic mass is 16.5. The van der Waals surface area contributed by atoms with Crippen LogP contribution >= 0.6 is 0 Å². The summed E-state index contributed by atoms with van der Waals surface area (Å²) >= 11 is 0. The summed E-state index contributed by atoms with van der Waals surface area (Å²) in [4.78, 5) is 31.1. The highest BCUT2D eigenvalue weighted by Gasteiger charge is 2.18. The SMILES string of the molecule is COc1cc(C)c(-c2nc3ccccc3c(=O)n2N=Cc2ccccc2OCC(=O)Nc2ccccc2)cc1C(C)C. The number of anilines is 1. The van der Waals surface area contributed by atoms with Crippen LogP contribution in [0.2, 0.25) is 0 Å². The molecule has 0 aliphatic rings. The van der Waals surface area contributed by atoms with Gasteiger partial charge in [-0.1, -0.05) is 56.3 Å². The first-order chi connectivity index (χ1) is 20.4. The second-order valence-corrected chi connectivity index (χ2v) is 10.1. The number of hydrogen-bond donors (Lipinski definition) is 1. The zero-order valence-electron chi connectivity index (χ0n) is 24.0. The first-order valence-corrected chi connectivity index (χ1v) is 13.7. The number of amides is 1. The summed E-state index contributed by atoms with van der Waals surface area (Å²) < 4.78 is 12.8. The number of nitrogens with one attached hydrogen (secondary N) is 1. The first kappa shape index (κ1) is 28.3. The number of nitrogens with zero attached hydrogens (tertiary/aromatic N) is 3. The van der Waals surface area contributed by atoms with Gasteiger partial charge in [0.05, 0.1) is 24.2 Å². The number of aryl methyl sites for hydroxylation is 1. The number of rotatable bonds is 9. The van der Waals surface area contributed by atoms with E-state index in [0.29, 0.717) is 33.7 Å². The van der Waals surface area contributed by atoms with Gasteiger partial charge in [0.1, 0.15) is 11.5 Å². The Kier molecular flexibility index (Phi) is 8.43. The molecular formula is C34H32N4O4. The van der Waals surface area contributed by atoms with Crippen molar-refractivity contribution < 1.29 is 14.3 Å². The maximum Gasteiger partial charge on any atom is 0.282 e. The van der Waals surface area contributed by atoms with Crippen LogP contribution in [-0.4, -0.2) is 35.5 Å². The van der Waals surface area contributed by atoms with Crippen molar-refractivity contribution in [3.05, 3.63) is 118 Å². The zero-order chi connectivity index (χ0) is 29.6. The molecule has 1 heterocycles. The Bertz CT molecular complexity index is 1830. The van der Waals surface area contributed by atoms with E-state index in [4.69, 9.17) is 14.5 Å². The van der Waals surface area contributed by atoms with Crippen molar-refractivity contribution in [3.63, 3.8) is 0 Å². The fraction of sp³-hybridized carbons (Fsp3) is 0.176. The van der Waals surface area contributed by atoms with Crippen molar-refractivity contribution in [3.8, 4) is 22.9 Å². The van der Waals surface area contributed by atoms with E-state index in [0.717, 1.165) is 22.4 Å². The van der Waals surface area contributed by atoms with E-state index in [1.807, 2.05) is 67.6 Å². The summed E-state index contributed by atoms with van der Waals surface area (Å²) in [5.41, 5.74) is 4.25. The van der Waals surface area contributed by atoms with Crippen LogP contribution < -0.4 is 20.3 Å². The van der Waals surface area contributed by atoms with Crippen molar-refractivity contribution in [2.24, 2.45) is 5.10 Å². The van der Waals surface area contributed by atoms with Gasteiger partial charge in [0.25, 0.3) is 11.5 Å². The van der Waals surface area contributed by atoms with Crippen molar-refractivity contribution in [1.29, 1.82) is 0 Å². The van der Waals surface area contributed by atoms with Gasteiger partial charge >= 0.3 is 0 Å². The molecule has 4 aromatic carbocycles. The molecule has 0 bridgehead atoms.